The average Bonchev–Trinajstić information content (AvgIpc) is 2.27. The van der Waals surface area contributed by atoms with Crippen molar-refractivity contribution in [2.24, 2.45) is 23.2 Å². The topological polar surface area (TPSA) is 0 Å². The molecule has 0 bridgehead atoms. The van der Waals surface area contributed by atoms with E-state index in [-0.39, 0.29) is 22.3 Å². The summed E-state index contributed by atoms with van der Waals surface area (Å²) in [5, 5.41) is 0. The van der Waals surface area contributed by atoms with Crippen LogP contribution < -0.4 is 0 Å². The highest BCUT2D eigenvalue weighted by atomic mass is 14.6. The normalized spacial score (nSPS) is 34.1. The van der Waals surface area contributed by atoms with Crippen molar-refractivity contribution in [3.63, 3.8) is 0 Å². The second-order valence-corrected chi connectivity index (χ2v) is 5.14. The molecule has 0 heterocycles. The van der Waals surface area contributed by atoms with Crippen molar-refractivity contribution >= 4 is 0 Å². The van der Waals surface area contributed by atoms with Crippen molar-refractivity contribution in [1.82, 2.24) is 0 Å². The molecule has 0 heteroatoms. The van der Waals surface area contributed by atoms with E-state index in [9.17, 15) is 0 Å². The largest absolute Gasteiger partial charge is 0.0776 e. The lowest BCUT2D eigenvalue weighted by atomic mass is 9.62. The standard InChI is InChI=1S/C11H20.C2H6.3CH4/c1-8(2)11(3)7-6-9-4-5-10(9)11;1-2;;;/h8-10H,4-7H2,1-3H3;1-2H3;3*1H4/t9-,10-,11?;;;;/m0..../s1. The molecule has 2 aliphatic carbocycles. The van der Waals surface area contributed by atoms with Crippen LogP contribution in [0.5, 0.6) is 0 Å². The van der Waals surface area contributed by atoms with Crippen LogP contribution in [0.15, 0.2) is 0 Å². The predicted molar refractivity (Wildman–Crippen MR) is 79.9 cm³/mol. The highest BCUT2D eigenvalue weighted by Crippen LogP contribution is 2.60. The minimum atomic E-state index is 0. The van der Waals surface area contributed by atoms with Crippen LogP contribution in [0.4, 0.5) is 0 Å². The van der Waals surface area contributed by atoms with Gasteiger partial charge in [0.2, 0.25) is 0 Å². The van der Waals surface area contributed by atoms with Crippen LogP contribution in [0.3, 0.4) is 0 Å². The molecule has 1 unspecified atom stereocenters. The number of hydrogen-bond donors (Lipinski definition) is 0. The van der Waals surface area contributed by atoms with Gasteiger partial charge in [0.1, 0.15) is 0 Å². The van der Waals surface area contributed by atoms with Crippen molar-refractivity contribution in [1.29, 1.82) is 0 Å². The first-order valence-corrected chi connectivity index (χ1v) is 6.14. The highest BCUT2D eigenvalue weighted by molar-refractivity contribution is 5.00. The lowest BCUT2D eigenvalue weighted by Crippen LogP contribution is -2.35. The Morgan fingerprint density at radius 1 is 0.938 bits per heavy atom. The van der Waals surface area contributed by atoms with Gasteiger partial charge in [-0.3, -0.25) is 0 Å². The lowest BCUT2D eigenvalue weighted by Gasteiger charge is -2.43. The lowest BCUT2D eigenvalue weighted by molar-refractivity contribution is 0.0589. The van der Waals surface area contributed by atoms with Gasteiger partial charge in [-0.25, -0.2) is 0 Å². The molecule has 2 fully saturated rings. The number of hydrogen-bond acceptors (Lipinski definition) is 0. The molecule has 0 aliphatic heterocycles. The molecule has 0 spiro atoms. The van der Waals surface area contributed by atoms with Gasteiger partial charge in [-0.05, 0) is 48.9 Å². The van der Waals surface area contributed by atoms with Crippen molar-refractivity contribution in [3.8, 4) is 0 Å². The zero-order chi connectivity index (χ0) is 10.1. The van der Waals surface area contributed by atoms with E-state index in [1.807, 2.05) is 13.8 Å². The van der Waals surface area contributed by atoms with Gasteiger partial charge in [-0.15, -0.1) is 0 Å². The zero-order valence-corrected chi connectivity index (χ0v) is 10.1. The quantitative estimate of drug-likeness (QED) is 0.488. The van der Waals surface area contributed by atoms with Gasteiger partial charge >= 0.3 is 0 Å². The molecule has 0 radical (unpaired) electrons. The van der Waals surface area contributed by atoms with Crippen molar-refractivity contribution < 1.29 is 0 Å². The van der Waals surface area contributed by atoms with Gasteiger partial charge < -0.3 is 0 Å². The molecule has 0 aromatic carbocycles. The molecule has 102 valence electrons. The number of fused-ring (bicyclic) bond motifs is 1. The van der Waals surface area contributed by atoms with Crippen molar-refractivity contribution in [2.75, 3.05) is 0 Å². The third kappa shape index (κ3) is 3.25. The van der Waals surface area contributed by atoms with Gasteiger partial charge in [-0.1, -0.05) is 56.9 Å². The predicted octanol–water partition coefficient (Wildman–Crippen LogP) is 6.40. The second-order valence-electron chi connectivity index (χ2n) is 5.14. The molecule has 0 aromatic rings. The fraction of sp³-hybridized carbons (Fsp3) is 1.00. The molecule has 0 saturated heterocycles. The van der Waals surface area contributed by atoms with E-state index in [4.69, 9.17) is 0 Å². The van der Waals surface area contributed by atoms with Gasteiger partial charge in [0.05, 0.1) is 0 Å². The summed E-state index contributed by atoms with van der Waals surface area (Å²) < 4.78 is 0. The summed E-state index contributed by atoms with van der Waals surface area (Å²) in [6, 6.07) is 0. The molecule has 0 nitrogen and oxygen atoms in total. The summed E-state index contributed by atoms with van der Waals surface area (Å²) >= 11 is 0. The van der Waals surface area contributed by atoms with E-state index >= 15 is 0 Å². The summed E-state index contributed by atoms with van der Waals surface area (Å²) in [5.74, 6) is 3.13. The van der Waals surface area contributed by atoms with Crippen LogP contribution in [0.25, 0.3) is 0 Å². The smallest absolute Gasteiger partial charge is 0.0272 e. The van der Waals surface area contributed by atoms with Crippen LogP contribution in [0, 0.1) is 23.2 Å². The molecule has 0 N–H and O–H groups in total. The molecule has 2 rings (SSSR count). The Morgan fingerprint density at radius 3 is 1.62 bits per heavy atom. The Bertz CT molecular complexity index is 159. The molecule has 3 atom stereocenters. The van der Waals surface area contributed by atoms with Crippen LogP contribution in [0.2, 0.25) is 0 Å². The molecular weight excluding hydrogens is 192 g/mol. The van der Waals surface area contributed by atoms with E-state index in [1.54, 1.807) is 0 Å². The van der Waals surface area contributed by atoms with Gasteiger partial charge in [-0.2, -0.15) is 0 Å². The first-order chi connectivity index (χ1) is 6.14. The first-order valence-electron chi connectivity index (χ1n) is 6.14. The average molecular weight is 230 g/mol. The van der Waals surface area contributed by atoms with Gasteiger partial charge in [0, 0.05) is 0 Å². The fourth-order valence-corrected chi connectivity index (χ4v) is 3.18. The maximum Gasteiger partial charge on any atom is -0.0272 e. The Hall–Kier alpha value is 0. The highest BCUT2D eigenvalue weighted by Gasteiger charge is 2.50. The Kier molecular flexibility index (Phi) is 10.8. The molecular formula is C16H38. The van der Waals surface area contributed by atoms with Gasteiger partial charge in [0.25, 0.3) is 0 Å². The second kappa shape index (κ2) is 8.14. The summed E-state index contributed by atoms with van der Waals surface area (Å²) in [6.07, 6.45) is 6.09. The Morgan fingerprint density at radius 2 is 1.44 bits per heavy atom. The SMILES string of the molecule is C.C.C.CC.CC(C)C1(C)CC[C@@H]2CC[C@@H]21. The van der Waals surface area contributed by atoms with E-state index in [0.717, 1.165) is 17.8 Å². The van der Waals surface area contributed by atoms with Crippen LogP contribution in [-0.4, -0.2) is 0 Å². The molecule has 0 amide bonds. The zero-order valence-electron chi connectivity index (χ0n) is 10.1. The summed E-state index contributed by atoms with van der Waals surface area (Å²) in [6.45, 7) is 11.3. The van der Waals surface area contributed by atoms with Crippen molar-refractivity contribution in [3.05, 3.63) is 0 Å². The summed E-state index contributed by atoms with van der Waals surface area (Å²) in [5.41, 5.74) is 0.711. The maximum atomic E-state index is 2.52. The molecule has 16 heavy (non-hydrogen) atoms. The van der Waals surface area contributed by atoms with E-state index in [0.29, 0.717) is 5.41 Å². The minimum Gasteiger partial charge on any atom is -0.0776 e. The minimum absolute atomic E-state index is 0. The van der Waals surface area contributed by atoms with E-state index in [2.05, 4.69) is 20.8 Å². The first kappa shape index (κ1) is 21.3. The maximum absolute atomic E-state index is 2.52. The van der Waals surface area contributed by atoms with E-state index < -0.39 is 0 Å². The summed E-state index contributed by atoms with van der Waals surface area (Å²) in [4.78, 5) is 0. The van der Waals surface area contributed by atoms with Crippen LogP contribution >= 0.6 is 0 Å². The number of rotatable bonds is 1. The Balaban J connectivity index is -0.000000321. The fourth-order valence-electron chi connectivity index (χ4n) is 3.18. The molecule has 2 aliphatic rings. The third-order valence-electron chi connectivity index (χ3n) is 4.64. The van der Waals surface area contributed by atoms with Gasteiger partial charge in [0.15, 0.2) is 0 Å². The van der Waals surface area contributed by atoms with Crippen LogP contribution in [-0.2, 0) is 0 Å². The molecule has 2 saturated carbocycles. The third-order valence-corrected chi connectivity index (χ3v) is 4.64. The van der Waals surface area contributed by atoms with Crippen molar-refractivity contribution in [2.45, 2.75) is 82.6 Å². The monoisotopic (exact) mass is 230 g/mol. The van der Waals surface area contributed by atoms with E-state index in [1.165, 1.54) is 25.7 Å². The molecule has 0 aromatic heterocycles. The van der Waals surface area contributed by atoms with Crippen LogP contribution in [0.1, 0.15) is 82.6 Å². The summed E-state index contributed by atoms with van der Waals surface area (Å²) in [7, 11) is 0. The Labute approximate surface area is 106 Å².